The minimum Gasteiger partial charge on any atom is -0.497 e. The van der Waals surface area contributed by atoms with E-state index in [0.29, 0.717) is 17.1 Å². The Morgan fingerprint density at radius 3 is 2.81 bits per heavy atom. The number of rotatable bonds is 5. The van der Waals surface area contributed by atoms with Gasteiger partial charge in [0.1, 0.15) is 11.6 Å². The summed E-state index contributed by atoms with van der Waals surface area (Å²) in [6.45, 7) is 2.00. The van der Waals surface area contributed by atoms with E-state index < -0.39 is 5.82 Å². The number of likely N-dealkylation sites (N-methyl/N-ethyl adjacent to an activating group) is 1. The van der Waals surface area contributed by atoms with Crippen LogP contribution < -0.4 is 15.0 Å². The summed E-state index contributed by atoms with van der Waals surface area (Å²) in [7, 11) is 3.65. The highest BCUT2D eigenvalue weighted by Crippen LogP contribution is 2.26. The Balaban J connectivity index is 1.63. The van der Waals surface area contributed by atoms with Gasteiger partial charge in [0, 0.05) is 42.1 Å². The molecule has 0 fully saturated rings. The van der Waals surface area contributed by atoms with Gasteiger partial charge in [-0.15, -0.1) is 0 Å². The number of nitrogens with one attached hydrogen (secondary N) is 2. The number of aromatic nitrogens is 2. The number of aromatic amines is 1. The summed E-state index contributed by atoms with van der Waals surface area (Å²) in [5, 5.41) is 10.3. The van der Waals surface area contributed by atoms with Gasteiger partial charge in [0.05, 0.1) is 24.4 Å². The van der Waals surface area contributed by atoms with Gasteiger partial charge in [-0.3, -0.25) is 10.00 Å². The third-order valence-corrected chi connectivity index (χ3v) is 5.61. The lowest BCUT2D eigenvalue weighted by Gasteiger charge is -2.25. The molecule has 0 aliphatic carbocycles. The summed E-state index contributed by atoms with van der Waals surface area (Å²) in [5.41, 5.74) is 4.11. The van der Waals surface area contributed by atoms with Crippen LogP contribution >= 0.6 is 11.6 Å². The van der Waals surface area contributed by atoms with Crippen LogP contribution in [0.25, 0.3) is 0 Å². The van der Waals surface area contributed by atoms with Gasteiger partial charge in [-0.1, -0.05) is 11.6 Å². The lowest BCUT2D eigenvalue weighted by Crippen LogP contribution is -2.35. The second kappa shape index (κ2) is 8.95. The van der Waals surface area contributed by atoms with E-state index in [1.165, 1.54) is 18.2 Å². The maximum absolute atomic E-state index is 13.5. The van der Waals surface area contributed by atoms with Crippen LogP contribution in [0.1, 0.15) is 17.0 Å². The fourth-order valence-corrected chi connectivity index (χ4v) is 3.76. The second-order valence-corrected chi connectivity index (χ2v) is 7.87. The highest BCUT2D eigenvalue weighted by molar-refractivity contribution is 6.31. The molecule has 0 bridgehead atoms. The number of hydrogen-bond acceptors (Lipinski definition) is 4. The molecule has 2 aromatic carbocycles. The number of amides is 2. The van der Waals surface area contributed by atoms with Crippen molar-refractivity contribution >= 4 is 29.0 Å². The molecule has 0 saturated carbocycles. The van der Waals surface area contributed by atoms with Gasteiger partial charge < -0.3 is 15.0 Å². The lowest BCUT2D eigenvalue weighted by molar-refractivity contribution is 0.256. The number of carbonyl (C=O) groups is 1. The Bertz CT molecular complexity index is 1090. The number of carbonyl (C=O) groups excluding carboxylic acids is 1. The highest BCUT2D eigenvalue weighted by Gasteiger charge is 2.24. The number of ether oxygens (including phenoxy) is 1. The smallest absolute Gasteiger partial charge is 0.326 e. The van der Waals surface area contributed by atoms with E-state index in [9.17, 15) is 9.18 Å². The lowest BCUT2D eigenvalue weighted by atomic mass is 10.1. The molecule has 2 heterocycles. The molecule has 2 N–H and O–H groups in total. The number of benzene rings is 2. The fraction of sp³-hybridized carbons (Fsp3) is 0.273. The van der Waals surface area contributed by atoms with Crippen molar-refractivity contribution in [2.24, 2.45) is 0 Å². The summed E-state index contributed by atoms with van der Waals surface area (Å²) in [6.07, 6.45) is 0.891. The molecular weight excluding hydrogens is 421 g/mol. The monoisotopic (exact) mass is 443 g/mol. The predicted molar refractivity (Wildman–Crippen MR) is 118 cm³/mol. The van der Waals surface area contributed by atoms with Gasteiger partial charge in [0.2, 0.25) is 0 Å². The van der Waals surface area contributed by atoms with Crippen molar-refractivity contribution in [3.63, 3.8) is 0 Å². The molecule has 1 aliphatic rings. The quantitative estimate of drug-likeness (QED) is 0.611. The molecule has 2 amide bonds. The summed E-state index contributed by atoms with van der Waals surface area (Å²) in [6, 6.07) is 10.9. The zero-order chi connectivity index (χ0) is 22.0. The van der Waals surface area contributed by atoms with Crippen molar-refractivity contribution < 1.29 is 13.9 Å². The highest BCUT2D eigenvalue weighted by atomic mass is 35.5. The van der Waals surface area contributed by atoms with E-state index >= 15 is 0 Å². The summed E-state index contributed by atoms with van der Waals surface area (Å²) in [4.78, 5) is 17.0. The van der Waals surface area contributed by atoms with Crippen LogP contribution in [0, 0.1) is 5.82 Å². The van der Waals surface area contributed by atoms with Crippen LogP contribution in [0.3, 0.4) is 0 Å². The molecule has 31 heavy (non-hydrogen) atoms. The van der Waals surface area contributed by atoms with Gasteiger partial charge in [-0.05, 0) is 49.5 Å². The average molecular weight is 444 g/mol. The van der Waals surface area contributed by atoms with E-state index in [1.54, 1.807) is 36.3 Å². The van der Waals surface area contributed by atoms with Gasteiger partial charge in [-0.2, -0.15) is 5.10 Å². The summed E-state index contributed by atoms with van der Waals surface area (Å²) < 4.78 is 18.7. The van der Waals surface area contributed by atoms with Gasteiger partial charge in [-0.25, -0.2) is 9.18 Å². The summed E-state index contributed by atoms with van der Waals surface area (Å²) >= 11 is 5.86. The molecule has 0 spiro atoms. The zero-order valence-corrected chi connectivity index (χ0v) is 18.0. The minimum absolute atomic E-state index is 0.0572. The van der Waals surface area contributed by atoms with Gasteiger partial charge in [0.15, 0.2) is 0 Å². The summed E-state index contributed by atoms with van der Waals surface area (Å²) in [5.74, 6) is 0.146. The van der Waals surface area contributed by atoms with Crippen molar-refractivity contribution in [1.82, 2.24) is 15.1 Å². The number of fused-ring (bicyclic) bond motifs is 1. The average Bonchev–Trinajstić information content (AvgIpc) is 3.16. The van der Waals surface area contributed by atoms with Crippen molar-refractivity contribution in [2.45, 2.75) is 19.5 Å². The molecule has 162 valence electrons. The maximum Gasteiger partial charge on any atom is 0.326 e. The van der Waals surface area contributed by atoms with Crippen LogP contribution in [0.15, 0.2) is 42.5 Å². The van der Waals surface area contributed by atoms with Crippen molar-refractivity contribution in [3.05, 3.63) is 70.3 Å². The second-order valence-electron chi connectivity index (χ2n) is 7.46. The fourth-order valence-electron chi connectivity index (χ4n) is 3.58. The standard InChI is InChI=1S/C22H23ClFN5O2/c1-28-10-9-20-17(12-28)21(27-26-20)13-29(15-4-6-16(31-2)7-5-15)22(30)25-14-3-8-19(24)18(23)11-14/h3-8,11H,9-10,12-13H2,1-2H3,(H,25,30)(H,26,27). The van der Waals surface area contributed by atoms with Crippen LogP contribution in [0.4, 0.5) is 20.6 Å². The first-order chi connectivity index (χ1) is 14.9. The maximum atomic E-state index is 13.5. The van der Waals surface area contributed by atoms with E-state index in [2.05, 4.69) is 27.5 Å². The van der Waals surface area contributed by atoms with Crippen LogP contribution in [0.2, 0.25) is 5.02 Å². The number of nitrogens with zero attached hydrogens (tertiary/aromatic N) is 3. The van der Waals surface area contributed by atoms with E-state index in [4.69, 9.17) is 16.3 Å². The third kappa shape index (κ3) is 4.65. The van der Waals surface area contributed by atoms with Crippen molar-refractivity contribution in [1.29, 1.82) is 0 Å². The molecule has 1 aliphatic heterocycles. The molecular formula is C22H23ClFN5O2. The zero-order valence-electron chi connectivity index (χ0n) is 17.3. The molecule has 0 saturated heterocycles. The largest absolute Gasteiger partial charge is 0.497 e. The van der Waals surface area contributed by atoms with Crippen LogP contribution in [-0.4, -0.2) is 41.8 Å². The number of hydrogen-bond donors (Lipinski definition) is 2. The molecule has 0 atom stereocenters. The Kier molecular flexibility index (Phi) is 6.11. The number of urea groups is 1. The number of H-pyrrole nitrogens is 1. The molecule has 0 radical (unpaired) electrons. The number of anilines is 2. The van der Waals surface area contributed by atoms with Crippen LogP contribution in [0.5, 0.6) is 5.75 Å². The molecule has 9 heteroatoms. The van der Waals surface area contributed by atoms with Gasteiger partial charge >= 0.3 is 6.03 Å². The first-order valence-corrected chi connectivity index (χ1v) is 10.2. The molecule has 3 aromatic rings. The van der Waals surface area contributed by atoms with E-state index in [1.807, 2.05) is 0 Å². The number of halogens is 2. The first kappa shape index (κ1) is 21.1. The topological polar surface area (TPSA) is 73.5 Å². The van der Waals surface area contributed by atoms with Crippen LogP contribution in [-0.2, 0) is 19.5 Å². The number of methoxy groups -OCH3 is 1. The SMILES string of the molecule is COc1ccc(N(Cc2n[nH]c3c2CN(C)CC3)C(=O)Nc2ccc(F)c(Cl)c2)cc1. The van der Waals surface area contributed by atoms with E-state index in [0.717, 1.165) is 36.5 Å². The Hall–Kier alpha value is -3.10. The first-order valence-electron chi connectivity index (χ1n) is 9.85. The normalized spacial score (nSPS) is 13.5. The Labute approximate surface area is 184 Å². The minimum atomic E-state index is -0.543. The van der Waals surface area contributed by atoms with Crippen molar-refractivity contribution in [3.8, 4) is 5.75 Å². The third-order valence-electron chi connectivity index (χ3n) is 5.32. The van der Waals surface area contributed by atoms with E-state index in [-0.39, 0.29) is 17.6 Å². The Morgan fingerprint density at radius 2 is 2.10 bits per heavy atom. The molecule has 4 rings (SSSR count). The van der Waals surface area contributed by atoms with Gasteiger partial charge in [0.25, 0.3) is 0 Å². The predicted octanol–water partition coefficient (Wildman–Crippen LogP) is 4.44. The van der Waals surface area contributed by atoms with Crippen molar-refractivity contribution in [2.75, 3.05) is 30.9 Å². The molecule has 7 nitrogen and oxygen atoms in total. The molecule has 0 unspecified atom stereocenters. The Morgan fingerprint density at radius 1 is 1.32 bits per heavy atom. The molecule has 1 aromatic heterocycles.